The first-order chi connectivity index (χ1) is 10.6. The van der Waals surface area contributed by atoms with E-state index in [-0.39, 0.29) is 0 Å². The summed E-state index contributed by atoms with van der Waals surface area (Å²) in [5.74, 6) is 0. The standard InChI is InChI=1S/C16H19ClNO3P/c1-3-20-22(19,21-4-2)18-16-11-10-14(17)12-15(16)13-8-6-5-7-9-13/h5-12H,3-4H2,1-2H3,(H,18,19). The summed E-state index contributed by atoms with van der Waals surface area (Å²) in [6.07, 6.45) is 0. The van der Waals surface area contributed by atoms with E-state index in [0.29, 0.717) is 23.9 Å². The average molecular weight is 340 g/mol. The second kappa shape index (κ2) is 7.80. The van der Waals surface area contributed by atoms with Crippen LogP contribution in [0.15, 0.2) is 48.5 Å². The van der Waals surface area contributed by atoms with Gasteiger partial charge >= 0.3 is 7.75 Å². The lowest BCUT2D eigenvalue weighted by Crippen LogP contribution is -2.05. The van der Waals surface area contributed by atoms with E-state index in [2.05, 4.69) is 5.09 Å². The number of hydrogen-bond acceptors (Lipinski definition) is 3. The first-order valence-corrected chi connectivity index (χ1v) is 9.02. The van der Waals surface area contributed by atoms with Crippen molar-refractivity contribution >= 4 is 25.0 Å². The normalized spacial score (nSPS) is 11.4. The predicted molar refractivity (Wildman–Crippen MR) is 91.4 cm³/mol. The van der Waals surface area contributed by atoms with Crippen molar-refractivity contribution in [1.29, 1.82) is 0 Å². The largest absolute Gasteiger partial charge is 0.432 e. The molecule has 2 aromatic carbocycles. The first kappa shape index (κ1) is 17.0. The summed E-state index contributed by atoms with van der Waals surface area (Å²) < 4.78 is 23.2. The van der Waals surface area contributed by atoms with Crippen LogP contribution in [0, 0.1) is 0 Å². The predicted octanol–water partition coefficient (Wildman–Crippen LogP) is 5.60. The molecule has 0 heterocycles. The van der Waals surface area contributed by atoms with Gasteiger partial charge in [0.05, 0.1) is 18.9 Å². The monoisotopic (exact) mass is 339 g/mol. The van der Waals surface area contributed by atoms with Crippen molar-refractivity contribution in [2.75, 3.05) is 18.3 Å². The van der Waals surface area contributed by atoms with Gasteiger partial charge in [0.2, 0.25) is 0 Å². The maximum Gasteiger partial charge on any atom is 0.432 e. The zero-order chi connectivity index (χ0) is 16.0. The van der Waals surface area contributed by atoms with Crippen LogP contribution < -0.4 is 5.09 Å². The SMILES string of the molecule is CCOP(=O)(Nc1ccc(Cl)cc1-c1ccccc1)OCC. The maximum absolute atomic E-state index is 12.7. The van der Waals surface area contributed by atoms with Crippen molar-refractivity contribution in [3.05, 3.63) is 53.6 Å². The highest BCUT2D eigenvalue weighted by Crippen LogP contribution is 2.49. The zero-order valence-electron chi connectivity index (χ0n) is 12.6. The second-order valence-corrected chi connectivity index (χ2v) is 6.67. The molecule has 0 aromatic heterocycles. The lowest BCUT2D eigenvalue weighted by atomic mass is 10.0. The molecular formula is C16H19ClNO3P. The lowest BCUT2D eigenvalue weighted by molar-refractivity contribution is 0.225. The van der Waals surface area contributed by atoms with E-state index >= 15 is 0 Å². The molecule has 4 nitrogen and oxygen atoms in total. The van der Waals surface area contributed by atoms with Gasteiger partial charge in [-0.2, -0.15) is 0 Å². The third-order valence-corrected chi connectivity index (χ3v) is 4.87. The molecule has 1 N–H and O–H groups in total. The Bertz CT molecular complexity index is 654. The van der Waals surface area contributed by atoms with Crippen molar-refractivity contribution in [3.63, 3.8) is 0 Å². The number of hydrogen-bond donors (Lipinski definition) is 1. The third kappa shape index (κ3) is 4.34. The minimum Gasteiger partial charge on any atom is -0.293 e. The van der Waals surface area contributed by atoms with E-state index < -0.39 is 7.75 Å². The minimum atomic E-state index is -3.40. The van der Waals surface area contributed by atoms with Crippen LogP contribution in [0.2, 0.25) is 5.02 Å². The fourth-order valence-electron chi connectivity index (χ4n) is 2.06. The van der Waals surface area contributed by atoms with Gasteiger partial charge < -0.3 is 0 Å². The van der Waals surface area contributed by atoms with Gasteiger partial charge in [-0.05, 0) is 37.6 Å². The van der Waals surface area contributed by atoms with Crippen LogP contribution in [0.1, 0.15) is 13.8 Å². The molecule has 0 saturated heterocycles. The summed E-state index contributed by atoms with van der Waals surface area (Å²) in [7, 11) is -3.40. The molecule has 6 heteroatoms. The van der Waals surface area contributed by atoms with Gasteiger partial charge in [-0.1, -0.05) is 41.9 Å². The highest BCUT2D eigenvalue weighted by atomic mass is 35.5. The molecule has 0 fully saturated rings. The molecule has 0 atom stereocenters. The summed E-state index contributed by atoms with van der Waals surface area (Å²) in [5, 5.41) is 3.51. The molecule has 118 valence electrons. The molecule has 0 bridgehead atoms. The van der Waals surface area contributed by atoms with Crippen LogP contribution in [-0.2, 0) is 13.6 Å². The zero-order valence-corrected chi connectivity index (χ0v) is 14.2. The first-order valence-electron chi connectivity index (χ1n) is 7.10. The molecule has 2 aromatic rings. The topological polar surface area (TPSA) is 47.6 Å². The average Bonchev–Trinajstić information content (AvgIpc) is 2.50. The van der Waals surface area contributed by atoms with Gasteiger partial charge in [0.15, 0.2) is 0 Å². The van der Waals surface area contributed by atoms with Crippen molar-refractivity contribution in [3.8, 4) is 11.1 Å². The van der Waals surface area contributed by atoms with Crippen molar-refractivity contribution in [2.24, 2.45) is 0 Å². The van der Waals surface area contributed by atoms with Crippen LogP contribution in [0.5, 0.6) is 0 Å². The van der Waals surface area contributed by atoms with Gasteiger partial charge in [-0.3, -0.25) is 14.1 Å². The van der Waals surface area contributed by atoms with Gasteiger partial charge in [0.1, 0.15) is 0 Å². The fraction of sp³-hybridized carbons (Fsp3) is 0.250. The van der Waals surface area contributed by atoms with Crippen LogP contribution >= 0.6 is 19.3 Å². The smallest absolute Gasteiger partial charge is 0.293 e. The summed E-state index contributed by atoms with van der Waals surface area (Å²) >= 11 is 6.10. The summed E-state index contributed by atoms with van der Waals surface area (Å²) in [4.78, 5) is 0. The lowest BCUT2D eigenvalue weighted by Gasteiger charge is -2.20. The van der Waals surface area contributed by atoms with Crippen LogP contribution in [0.25, 0.3) is 11.1 Å². The number of benzene rings is 2. The van der Waals surface area contributed by atoms with Crippen LogP contribution in [0.4, 0.5) is 5.69 Å². The number of nitrogens with one attached hydrogen (secondary N) is 1. The Balaban J connectivity index is 2.41. The molecule has 22 heavy (non-hydrogen) atoms. The fourth-order valence-corrected chi connectivity index (χ4v) is 3.61. The molecule has 0 unspecified atom stereocenters. The Morgan fingerprint density at radius 2 is 1.68 bits per heavy atom. The summed E-state index contributed by atoms with van der Waals surface area (Å²) in [6, 6.07) is 15.1. The quantitative estimate of drug-likeness (QED) is 0.667. The van der Waals surface area contributed by atoms with Gasteiger partial charge in [-0.15, -0.1) is 0 Å². The number of halogens is 1. The second-order valence-electron chi connectivity index (χ2n) is 4.50. The van der Waals surface area contributed by atoms with Crippen molar-refractivity contribution in [1.82, 2.24) is 0 Å². The molecular weight excluding hydrogens is 321 g/mol. The Labute approximate surface area is 136 Å². The molecule has 0 aliphatic heterocycles. The van der Waals surface area contributed by atoms with Crippen LogP contribution in [-0.4, -0.2) is 13.2 Å². The molecule has 0 spiro atoms. The highest BCUT2D eigenvalue weighted by molar-refractivity contribution is 7.55. The third-order valence-electron chi connectivity index (χ3n) is 2.92. The number of rotatable bonds is 7. The van der Waals surface area contributed by atoms with E-state index in [9.17, 15) is 4.57 Å². The molecule has 0 saturated carbocycles. The van der Waals surface area contributed by atoms with E-state index in [0.717, 1.165) is 11.1 Å². The summed E-state index contributed by atoms with van der Waals surface area (Å²) in [5.41, 5.74) is 2.46. The van der Waals surface area contributed by atoms with E-state index in [1.165, 1.54) is 0 Å². The van der Waals surface area contributed by atoms with Crippen molar-refractivity contribution < 1.29 is 13.6 Å². The Morgan fingerprint density at radius 1 is 1.05 bits per heavy atom. The van der Waals surface area contributed by atoms with Gasteiger partial charge in [0.25, 0.3) is 0 Å². The van der Waals surface area contributed by atoms with Gasteiger partial charge in [-0.25, -0.2) is 4.57 Å². The molecule has 0 aliphatic carbocycles. The Morgan fingerprint density at radius 3 is 2.27 bits per heavy atom. The van der Waals surface area contributed by atoms with E-state index in [1.54, 1.807) is 26.0 Å². The minimum absolute atomic E-state index is 0.290. The van der Waals surface area contributed by atoms with Crippen molar-refractivity contribution in [2.45, 2.75) is 13.8 Å². The molecule has 0 radical (unpaired) electrons. The van der Waals surface area contributed by atoms with E-state index in [1.807, 2.05) is 36.4 Å². The highest BCUT2D eigenvalue weighted by Gasteiger charge is 2.25. The molecule has 0 aliphatic rings. The maximum atomic E-state index is 12.7. The summed E-state index contributed by atoms with van der Waals surface area (Å²) in [6.45, 7) is 4.12. The van der Waals surface area contributed by atoms with Crippen LogP contribution in [0.3, 0.4) is 0 Å². The molecule has 0 amide bonds. The number of anilines is 1. The Hall–Kier alpha value is -1.32. The van der Waals surface area contributed by atoms with Gasteiger partial charge in [0, 0.05) is 10.6 Å². The molecule has 2 rings (SSSR count). The van der Waals surface area contributed by atoms with E-state index in [4.69, 9.17) is 20.6 Å². The Kier molecular flexibility index (Phi) is 6.04.